The van der Waals surface area contributed by atoms with Crippen LogP contribution in [0, 0.1) is 13.8 Å². The maximum absolute atomic E-state index is 12.4. The van der Waals surface area contributed by atoms with Crippen molar-refractivity contribution in [3.05, 3.63) is 95.1 Å². The summed E-state index contributed by atoms with van der Waals surface area (Å²) in [6, 6.07) is 22.3. The normalized spacial score (nSPS) is 11.4. The molecular formula is C25H25NO4. The largest absolute Gasteiger partial charge is 0.489 e. The van der Waals surface area contributed by atoms with Gasteiger partial charge in [-0.25, -0.2) is 4.79 Å². The van der Waals surface area contributed by atoms with Crippen LogP contribution in [0.5, 0.6) is 5.75 Å². The van der Waals surface area contributed by atoms with Gasteiger partial charge in [0.05, 0.1) is 5.56 Å². The van der Waals surface area contributed by atoms with Crippen molar-refractivity contribution in [3.8, 4) is 5.75 Å². The number of anilines is 1. The van der Waals surface area contributed by atoms with Crippen molar-refractivity contribution in [1.29, 1.82) is 0 Å². The molecule has 3 rings (SSSR count). The second kappa shape index (κ2) is 9.74. The van der Waals surface area contributed by atoms with Crippen LogP contribution < -0.4 is 10.1 Å². The average Bonchev–Trinajstić information content (AvgIpc) is 2.75. The standard InChI is InChI=1S/C25H25NO4/c1-17-8-7-9-18(2)23(17)26-24(27)19(3)30-25(28)21-12-14-22(15-13-21)29-16-20-10-5-4-6-11-20/h4-15,19H,16H2,1-3H3,(H,26,27). The lowest BCUT2D eigenvalue weighted by molar-refractivity contribution is -0.123. The number of esters is 1. The number of benzene rings is 3. The lowest BCUT2D eigenvalue weighted by atomic mass is 10.1. The summed E-state index contributed by atoms with van der Waals surface area (Å²) in [6.45, 7) is 5.83. The molecule has 0 saturated carbocycles. The van der Waals surface area contributed by atoms with Crippen LogP contribution in [0.4, 0.5) is 5.69 Å². The van der Waals surface area contributed by atoms with Gasteiger partial charge in [-0.15, -0.1) is 0 Å². The Bertz CT molecular complexity index is 993. The number of aryl methyl sites for hydroxylation is 2. The summed E-state index contributed by atoms with van der Waals surface area (Å²) in [4.78, 5) is 24.8. The lowest BCUT2D eigenvalue weighted by Crippen LogP contribution is -2.30. The van der Waals surface area contributed by atoms with Crippen LogP contribution in [0.3, 0.4) is 0 Å². The topological polar surface area (TPSA) is 64.6 Å². The highest BCUT2D eigenvalue weighted by Crippen LogP contribution is 2.20. The molecule has 3 aromatic carbocycles. The molecule has 154 valence electrons. The first-order valence-corrected chi connectivity index (χ1v) is 9.79. The summed E-state index contributed by atoms with van der Waals surface area (Å²) in [6.07, 6.45) is -0.925. The summed E-state index contributed by atoms with van der Waals surface area (Å²) >= 11 is 0. The SMILES string of the molecule is Cc1cccc(C)c1NC(=O)C(C)OC(=O)c1ccc(OCc2ccccc2)cc1. The van der Waals surface area contributed by atoms with Gasteiger partial charge >= 0.3 is 5.97 Å². The lowest BCUT2D eigenvalue weighted by Gasteiger charge is -2.16. The number of hydrogen-bond donors (Lipinski definition) is 1. The van der Waals surface area contributed by atoms with E-state index in [1.807, 2.05) is 62.4 Å². The van der Waals surface area contributed by atoms with E-state index in [-0.39, 0.29) is 5.91 Å². The molecule has 1 N–H and O–H groups in total. The fourth-order valence-corrected chi connectivity index (χ4v) is 2.95. The first kappa shape index (κ1) is 21.1. The van der Waals surface area contributed by atoms with Crippen molar-refractivity contribution in [2.45, 2.75) is 33.5 Å². The molecule has 0 bridgehead atoms. The Balaban J connectivity index is 1.55. The third kappa shape index (κ3) is 5.47. The number of para-hydroxylation sites is 1. The number of amides is 1. The van der Waals surface area contributed by atoms with Gasteiger partial charge in [0.25, 0.3) is 5.91 Å². The van der Waals surface area contributed by atoms with Crippen molar-refractivity contribution in [3.63, 3.8) is 0 Å². The van der Waals surface area contributed by atoms with E-state index in [0.29, 0.717) is 17.9 Å². The van der Waals surface area contributed by atoms with Gasteiger partial charge in [-0.05, 0) is 61.7 Å². The Kier molecular flexibility index (Phi) is 6.86. The number of carbonyl (C=O) groups excluding carboxylic acids is 2. The highest BCUT2D eigenvalue weighted by molar-refractivity contribution is 5.98. The fraction of sp³-hybridized carbons (Fsp3) is 0.200. The summed E-state index contributed by atoms with van der Waals surface area (Å²) in [5.74, 6) is -0.284. The number of hydrogen-bond acceptors (Lipinski definition) is 4. The predicted molar refractivity (Wildman–Crippen MR) is 117 cm³/mol. The van der Waals surface area contributed by atoms with Crippen LogP contribution in [0.15, 0.2) is 72.8 Å². The zero-order chi connectivity index (χ0) is 21.5. The summed E-state index contributed by atoms with van der Waals surface area (Å²) < 4.78 is 11.0. The molecule has 1 amide bonds. The Hall–Kier alpha value is -3.60. The van der Waals surface area contributed by atoms with Crippen molar-refractivity contribution in [2.75, 3.05) is 5.32 Å². The molecule has 1 atom stereocenters. The van der Waals surface area contributed by atoms with E-state index in [4.69, 9.17) is 9.47 Å². The van der Waals surface area contributed by atoms with E-state index >= 15 is 0 Å². The Morgan fingerprint density at radius 3 is 2.13 bits per heavy atom. The molecule has 0 saturated heterocycles. The van der Waals surface area contributed by atoms with E-state index in [2.05, 4.69) is 5.32 Å². The Morgan fingerprint density at radius 2 is 1.50 bits per heavy atom. The van der Waals surface area contributed by atoms with Gasteiger partial charge < -0.3 is 14.8 Å². The molecule has 5 nitrogen and oxygen atoms in total. The average molecular weight is 403 g/mol. The van der Waals surface area contributed by atoms with Crippen molar-refractivity contribution in [2.24, 2.45) is 0 Å². The molecule has 3 aromatic rings. The van der Waals surface area contributed by atoms with E-state index in [0.717, 1.165) is 22.4 Å². The summed E-state index contributed by atoms with van der Waals surface area (Å²) in [5.41, 5.74) is 4.06. The molecule has 0 spiro atoms. The number of nitrogens with one attached hydrogen (secondary N) is 1. The van der Waals surface area contributed by atoms with Crippen molar-refractivity contribution < 1.29 is 19.1 Å². The van der Waals surface area contributed by atoms with E-state index in [9.17, 15) is 9.59 Å². The summed E-state index contributed by atoms with van der Waals surface area (Å²) in [5, 5.41) is 2.84. The smallest absolute Gasteiger partial charge is 0.338 e. The zero-order valence-corrected chi connectivity index (χ0v) is 17.3. The van der Waals surface area contributed by atoms with Crippen LogP contribution in [0.1, 0.15) is 34.0 Å². The minimum Gasteiger partial charge on any atom is -0.489 e. The predicted octanol–water partition coefficient (Wildman–Crippen LogP) is 5.07. The molecule has 1 unspecified atom stereocenters. The van der Waals surface area contributed by atoms with Gasteiger partial charge in [-0.1, -0.05) is 48.5 Å². The third-order valence-corrected chi connectivity index (χ3v) is 4.72. The monoisotopic (exact) mass is 403 g/mol. The van der Waals surface area contributed by atoms with E-state index < -0.39 is 12.1 Å². The first-order valence-electron chi connectivity index (χ1n) is 9.79. The molecule has 5 heteroatoms. The molecule has 0 aliphatic heterocycles. The fourth-order valence-electron chi connectivity index (χ4n) is 2.95. The number of carbonyl (C=O) groups is 2. The van der Waals surface area contributed by atoms with Gasteiger partial charge in [0.2, 0.25) is 0 Å². The molecule has 0 fully saturated rings. The van der Waals surface area contributed by atoms with Crippen LogP contribution in [-0.4, -0.2) is 18.0 Å². The molecular weight excluding hydrogens is 378 g/mol. The number of rotatable bonds is 7. The van der Waals surface area contributed by atoms with E-state index in [1.165, 1.54) is 0 Å². The van der Waals surface area contributed by atoms with Crippen molar-refractivity contribution >= 4 is 17.6 Å². The Morgan fingerprint density at radius 1 is 0.867 bits per heavy atom. The highest BCUT2D eigenvalue weighted by Gasteiger charge is 2.20. The molecule has 0 aromatic heterocycles. The van der Waals surface area contributed by atoms with Crippen molar-refractivity contribution in [1.82, 2.24) is 0 Å². The maximum atomic E-state index is 12.4. The molecule has 0 aliphatic rings. The summed E-state index contributed by atoms with van der Waals surface area (Å²) in [7, 11) is 0. The van der Waals surface area contributed by atoms with Crippen LogP contribution in [-0.2, 0) is 16.1 Å². The first-order chi connectivity index (χ1) is 14.4. The molecule has 0 radical (unpaired) electrons. The molecule has 30 heavy (non-hydrogen) atoms. The van der Waals surface area contributed by atoms with Crippen LogP contribution >= 0.6 is 0 Å². The van der Waals surface area contributed by atoms with Gasteiger partial charge in [0, 0.05) is 5.69 Å². The van der Waals surface area contributed by atoms with Gasteiger partial charge in [0.15, 0.2) is 6.10 Å². The van der Waals surface area contributed by atoms with Gasteiger partial charge in [-0.2, -0.15) is 0 Å². The highest BCUT2D eigenvalue weighted by atomic mass is 16.5. The second-order valence-electron chi connectivity index (χ2n) is 7.10. The zero-order valence-electron chi connectivity index (χ0n) is 17.3. The molecule has 0 aliphatic carbocycles. The van der Waals surface area contributed by atoms with Crippen LogP contribution in [0.25, 0.3) is 0 Å². The number of ether oxygens (including phenoxy) is 2. The quantitative estimate of drug-likeness (QED) is 0.560. The van der Waals surface area contributed by atoms with Gasteiger partial charge in [-0.3, -0.25) is 4.79 Å². The minimum atomic E-state index is -0.925. The van der Waals surface area contributed by atoms with E-state index in [1.54, 1.807) is 31.2 Å². The third-order valence-electron chi connectivity index (χ3n) is 4.72. The maximum Gasteiger partial charge on any atom is 0.338 e. The van der Waals surface area contributed by atoms with Crippen LogP contribution in [0.2, 0.25) is 0 Å². The second-order valence-corrected chi connectivity index (χ2v) is 7.10. The Labute approximate surface area is 176 Å². The molecule has 0 heterocycles. The van der Waals surface area contributed by atoms with Gasteiger partial charge in [0.1, 0.15) is 12.4 Å². The minimum absolute atomic E-state index is 0.355.